The third kappa shape index (κ3) is 3.84. The van der Waals surface area contributed by atoms with E-state index in [0.29, 0.717) is 12.6 Å². The van der Waals surface area contributed by atoms with Crippen LogP contribution >= 0.6 is 11.8 Å². The molecule has 0 aliphatic carbocycles. The number of aliphatic hydroxyl groups is 2. The number of thioether (sulfide) groups is 1. The molecule has 2 rings (SSSR count). The van der Waals surface area contributed by atoms with E-state index in [9.17, 15) is 5.11 Å². The molecule has 3 N–H and O–H groups in total. The average molecular weight is 275 g/mol. The first-order chi connectivity index (χ1) is 8.55. The second-order valence-corrected chi connectivity index (χ2v) is 7.09. The standard InChI is InChI=1S/C13H25NO3S/c1-12(16,10-15)9-14-11-2-5-17-13(8-11)3-6-18-7-4-13/h11,14-16H,2-10H2,1H3. The second-order valence-electron chi connectivity index (χ2n) is 5.87. The molecule has 0 radical (unpaired) electrons. The van der Waals surface area contributed by atoms with Gasteiger partial charge in [0.25, 0.3) is 0 Å². The van der Waals surface area contributed by atoms with E-state index in [0.717, 1.165) is 32.3 Å². The summed E-state index contributed by atoms with van der Waals surface area (Å²) in [5.74, 6) is 2.39. The van der Waals surface area contributed by atoms with Crippen LogP contribution in [0, 0.1) is 0 Å². The van der Waals surface area contributed by atoms with Gasteiger partial charge in [-0.1, -0.05) is 0 Å². The molecule has 0 amide bonds. The Morgan fingerprint density at radius 3 is 2.83 bits per heavy atom. The number of hydrogen-bond acceptors (Lipinski definition) is 5. The van der Waals surface area contributed by atoms with Gasteiger partial charge in [-0.05, 0) is 44.1 Å². The van der Waals surface area contributed by atoms with E-state index in [2.05, 4.69) is 5.32 Å². The van der Waals surface area contributed by atoms with Gasteiger partial charge in [-0.25, -0.2) is 0 Å². The van der Waals surface area contributed by atoms with Crippen LogP contribution < -0.4 is 5.32 Å². The number of hydrogen-bond donors (Lipinski definition) is 3. The summed E-state index contributed by atoms with van der Waals surface area (Å²) in [6.45, 7) is 2.71. The van der Waals surface area contributed by atoms with Crippen LogP contribution in [0.2, 0.25) is 0 Å². The maximum atomic E-state index is 9.81. The molecular weight excluding hydrogens is 250 g/mol. The highest BCUT2D eigenvalue weighted by atomic mass is 32.2. The summed E-state index contributed by atoms with van der Waals surface area (Å²) in [4.78, 5) is 0. The average Bonchev–Trinajstić information content (AvgIpc) is 2.38. The number of ether oxygens (including phenoxy) is 1. The minimum absolute atomic E-state index is 0.0756. The Balaban J connectivity index is 1.83. The van der Waals surface area contributed by atoms with E-state index < -0.39 is 5.60 Å². The van der Waals surface area contributed by atoms with Crippen LogP contribution in [0.1, 0.15) is 32.6 Å². The summed E-state index contributed by atoms with van der Waals surface area (Å²) in [6, 6.07) is 0.403. The Bertz CT molecular complexity index is 261. The fourth-order valence-electron chi connectivity index (χ4n) is 2.71. The van der Waals surface area contributed by atoms with Crippen molar-refractivity contribution < 1.29 is 14.9 Å². The minimum atomic E-state index is -1.02. The van der Waals surface area contributed by atoms with Gasteiger partial charge in [0.05, 0.1) is 17.8 Å². The highest BCUT2D eigenvalue weighted by Crippen LogP contribution is 2.37. The summed E-state index contributed by atoms with van der Waals surface area (Å²) in [5.41, 5.74) is -0.944. The molecule has 0 bridgehead atoms. The first-order valence-corrected chi connectivity index (χ1v) is 7.99. The van der Waals surface area contributed by atoms with Crippen molar-refractivity contribution >= 4 is 11.8 Å². The Hall–Kier alpha value is 0.190. The highest BCUT2D eigenvalue weighted by molar-refractivity contribution is 7.99. The minimum Gasteiger partial charge on any atom is -0.393 e. The molecule has 0 saturated carbocycles. The summed E-state index contributed by atoms with van der Waals surface area (Å²) in [5, 5.41) is 22.2. The van der Waals surface area contributed by atoms with E-state index in [1.54, 1.807) is 6.92 Å². The van der Waals surface area contributed by atoms with Gasteiger partial charge < -0.3 is 20.3 Å². The second kappa shape index (κ2) is 6.09. The van der Waals surface area contributed by atoms with E-state index in [-0.39, 0.29) is 12.2 Å². The first kappa shape index (κ1) is 14.6. The molecule has 2 aliphatic heterocycles. The maximum absolute atomic E-state index is 9.81. The molecule has 4 nitrogen and oxygen atoms in total. The van der Waals surface area contributed by atoms with Crippen molar-refractivity contribution in [3.63, 3.8) is 0 Å². The molecule has 18 heavy (non-hydrogen) atoms. The molecule has 0 aromatic heterocycles. The topological polar surface area (TPSA) is 61.7 Å². The molecule has 0 aromatic rings. The van der Waals surface area contributed by atoms with Crippen LogP contribution in [0.15, 0.2) is 0 Å². The molecular formula is C13H25NO3S. The maximum Gasteiger partial charge on any atom is 0.0972 e. The molecule has 2 heterocycles. The van der Waals surface area contributed by atoms with Crippen LogP contribution in [0.4, 0.5) is 0 Å². The van der Waals surface area contributed by atoms with Gasteiger partial charge >= 0.3 is 0 Å². The lowest BCUT2D eigenvalue weighted by molar-refractivity contribution is -0.0959. The lowest BCUT2D eigenvalue weighted by Gasteiger charge is -2.44. The number of aliphatic hydroxyl groups excluding tert-OH is 1. The fraction of sp³-hybridized carbons (Fsp3) is 1.00. The smallest absolute Gasteiger partial charge is 0.0972 e. The summed E-state index contributed by atoms with van der Waals surface area (Å²) >= 11 is 2.01. The van der Waals surface area contributed by atoms with Crippen molar-refractivity contribution in [3.8, 4) is 0 Å². The van der Waals surface area contributed by atoms with Crippen molar-refractivity contribution in [2.45, 2.75) is 49.9 Å². The van der Waals surface area contributed by atoms with Gasteiger partial charge in [0, 0.05) is 19.2 Å². The zero-order chi connectivity index (χ0) is 13.1. The van der Waals surface area contributed by atoms with Gasteiger partial charge in [0.1, 0.15) is 0 Å². The van der Waals surface area contributed by atoms with Crippen molar-refractivity contribution in [2.75, 3.05) is 31.3 Å². The van der Waals surface area contributed by atoms with Crippen LogP contribution in [-0.2, 0) is 4.74 Å². The molecule has 2 atom stereocenters. The Kier molecular flexibility index (Phi) is 4.94. The molecule has 2 aliphatic rings. The Labute approximate surface area is 113 Å². The highest BCUT2D eigenvalue weighted by Gasteiger charge is 2.38. The normalized spacial score (nSPS) is 31.2. The lowest BCUT2D eigenvalue weighted by Crippen LogP contribution is -2.52. The van der Waals surface area contributed by atoms with Crippen LogP contribution in [0.3, 0.4) is 0 Å². The first-order valence-electron chi connectivity index (χ1n) is 6.84. The van der Waals surface area contributed by atoms with E-state index in [4.69, 9.17) is 9.84 Å². The van der Waals surface area contributed by atoms with E-state index >= 15 is 0 Å². The van der Waals surface area contributed by atoms with Crippen molar-refractivity contribution in [3.05, 3.63) is 0 Å². The van der Waals surface area contributed by atoms with E-state index in [1.807, 2.05) is 11.8 Å². The zero-order valence-corrected chi connectivity index (χ0v) is 12.0. The Morgan fingerprint density at radius 2 is 2.17 bits per heavy atom. The molecule has 2 unspecified atom stereocenters. The third-order valence-electron chi connectivity index (χ3n) is 4.01. The quantitative estimate of drug-likeness (QED) is 0.707. The van der Waals surface area contributed by atoms with Gasteiger partial charge in [0.2, 0.25) is 0 Å². The predicted octanol–water partition coefficient (Wildman–Crippen LogP) is 0.764. The molecule has 2 fully saturated rings. The summed E-state index contributed by atoms with van der Waals surface area (Å²) in [6.07, 6.45) is 4.32. The van der Waals surface area contributed by atoms with E-state index in [1.165, 1.54) is 11.5 Å². The molecule has 1 spiro atoms. The van der Waals surface area contributed by atoms with Gasteiger partial charge in [-0.3, -0.25) is 0 Å². The van der Waals surface area contributed by atoms with Crippen LogP contribution in [-0.4, -0.2) is 58.7 Å². The SMILES string of the molecule is CC(O)(CO)CNC1CCOC2(CCSCC2)C1. The Morgan fingerprint density at radius 1 is 1.44 bits per heavy atom. The lowest BCUT2D eigenvalue weighted by atomic mass is 9.85. The molecule has 106 valence electrons. The summed E-state index contributed by atoms with van der Waals surface area (Å²) < 4.78 is 6.03. The van der Waals surface area contributed by atoms with Crippen LogP contribution in [0.5, 0.6) is 0 Å². The fourth-order valence-corrected chi connectivity index (χ4v) is 3.95. The largest absolute Gasteiger partial charge is 0.393 e. The van der Waals surface area contributed by atoms with Crippen LogP contribution in [0.25, 0.3) is 0 Å². The molecule has 0 aromatic carbocycles. The number of rotatable bonds is 4. The third-order valence-corrected chi connectivity index (χ3v) is 4.99. The predicted molar refractivity (Wildman–Crippen MR) is 74.0 cm³/mol. The van der Waals surface area contributed by atoms with Gasteiger partial charge in [-0.2, -0.15) is 11.8 Å². The summed E-state index contributed by atoms with van der Waals surface area (Å²) in [7, 11) is 0. The monoisotopic (exact) mass is 275 g/mol. The van der Waals surface area contributed by atoms with Gasteiger partial charge in [-0.15, -0.1) is 0 Å². The van der Waals surface area contributed by atoms with Crippen molar-refractivity contribution in [2.24, 2.45) is 0 Å². The molecule has 5 heteroatoms. The number of nitrogens with one attached hydrogen (secondary N) is 1. The molecule has 2 saturated heterocycles. The van der Waals surface area contributed by atoms with Crippen molar-refractivity contribution in [1.29, 1.82) is 0 Å². The zero-order valence-electron chi connectivity index (χ0n) is 11.2. The van der Waals surface area contributed by atoms with Gasteiger partial charge in [0.15, 0.2) is 0 Å². The van der Waals surface area contributed by atoms with Crippen molar-refractivity contribution in [1.82, 2.24) is 5.32 Å².